The minimum Gasteiger partial charge on any atom is -0.497 e. The maximum Gasteiger partial charge on any atom is 0.271 e. The molecule has 0 amide bonds. The summed E-state index contributed by atoms with van der Waals surface area (Å²) in [6, 6.07) is 9.70. The van der Waals surface area contributed by atoms with Gasteiger partial charge in [-0.25, -0.2) is 8.42 Å². The number of ether oxygens (including phenoxy) is 1. The summed E-state index contributed by atoms with van der Waals surface area (Å²) in [5.74, 6) is 0.529. The first-order valence-electron chi connectivity index (χ1n) is 5.32. The zero-order valence-electron chi connectivity index (χ0n) is 10.3. The van der Waals surface area contributed by atoms with Gasteiger partial charge in [0.25, 0.3) is 10.0 Å². The third-order valence-electron chi connectivity index (χ3n) is 2.32. The number of thiophene rings is 1. The molecular formula is C12H9BrN2O3S2. The molecule has 0 saturated heterocycles. The van der Waals surface area contributed by atoms with Crippen molar-refractivity contribution in [3.8, 4) is 11.8 Å². The number of rotatable bonds is 4. The largest absolute Gasteiger partial charge is 0.497 e. The molecule has 0 spiro atoms. The Hall–Kier alpha value is -1.56. The van der Waals surface area contributed by atoms with Gasteiger partial charge in [0.1, 0.15) is 20.9 Å². The Morgan fingerprint density at radius 1 is 1.35 bits per heavy atom. The lowest BCUT2D eigenvalue weighted by molar-refractivity contribution is 0.415. The molecule has 0 bridgehead atoms. The maximum atomic E-state index is 12.2. The summed E-state index contributed by atoms with van der Waals surface area (Å²) in [6.45, 7) is 0. The zero-order valence-corrected chi connectivity index (χ0v) is 13.5. The molecule has 0 atom stereocenters. The first-order valence-corrected chi connectivity index (χ1v) is 8.41. The van der Waals surface area contributed by atoms with Crippen LogP contribution in [0.5, 0.6) is 5.75 Å². The standard InChI is InChI=1S/C12H9BrN2O3S2/c1-18-10-5-8(13)4-9(6-10)15-20(16,17)12-3-2-11(7-14)19-12/h2-6,15H,1H3. The molecule has 0 unspecified atom stereocenters. The van der Waals surface area contributed by atoms with Gasteiger partial charge in [-0.15, -0.1) is 11.3 Å². The molecular weight excluding hydrogens is 364 g/mol. The Morgan fingerprint density at radius 3 is 2.70 bits per heavy atom. The second-order valence-corrected chi connectivity index (χ2v) is 7.62. The highest BCUT2D eigenvalue weighted by Gasteiger charge is 2.17. The molecule has 1 heterocycles. The Balaban J connectivity index is 2.33. The van der Waals surface area contributed by atoms with Crippen LogP contribution in [-0.4, -0.2) is 15.5 Å². The summed E-state index contributed by atoms with van der Waals surface area (Å²) in [7, 11) is -2.20. The molecule has 2 rings (SSSR count). The molecule has 0 aliphatic heterocycles. The third kappa shape index (κ3) is 3.30. The Labute approximate surface area is 129 Å². The van der Waals surface area contributed by atoms with Crippen LogP contribution in [0.2, 0.25) is 0 Å². The van der Waals surface area contributed by atoms with E-state index in [1.165, 1.54) is 19.2 Å². The van der Waals surface area contributed by atoms with Crippen LogP contribution in [0, 0.1) is 11.3 Å². The number of hydrogen-bond acceptors (Lipinski definition) is 5. The van der Waals surface area contributed by atoms with E-state index in [0.29, 0.717) is 20.8 Å². The molecule has 0 aliphatic rings. The average molecular weight is 373 g/mol. The first kappa shape index (κ1) is 14.8. The van der Waals surface area contributed by atoms with Crippen molar-refractivity contribution in [1.29, 1.82) is 5.26 Å². The molecule has 0 saturated carbocycles. The van der Waals surface area contributed by atoms with Crippen LogP contribution < -0.4 is 9.46 Å². The highest BCUT2D eigenvalue weighted by molar-refractivity contribution is 9.10. The Kier molecular flexibility index (Phi) is 4.32. The van der Waals surface area contributed by atoms with Crippen LogP contribution in [0.1, 0.15) is 4.88 Å². The van der Waals surface area contributed by atoms with Crippen molar-refractivity contribution in [1.82, 2.24) is 0 Å². The van der Waals surface area contributed by atoms with E-state index in [9.17, 15) is 8.42 Å². The molecule has 20 heavy (non-hydrogen) atoms. The van der Waals surface area contributed by atoms with Gasteiger partial charge in [-0.2, -0.15) is 5.26 Å². The molecule has 1 aromatic carbocycles. The minimum atomic E-state index is -3.70. The van der Waals surface area contributed by atoms with Crippen molar-refractivity contribution in [3.63, 3.8) is 0 Å². The van der Waals surface area contributed by atoms with E-state index in [1.54, 1.807) is 18.2 Å². The van der Waals surface area contributed by atoms with Crippen LogP contribution in [0.3, 0.4) is 0 Å². The van der Waals surface area contributed by atoms with Gasteiger partial charge in [0.15, 0.2) is 0 Å². The number of hydrogen-bond donors (Lipinski definition) is 1. The van der Waals surface area contributed by atoms with Crippen LogP contribution in [0.25, 0.3) is 0 Å². The number of nitrogens with one attached hydrogen (secondary N) is 1. The van der Waals surface area contributed by atoms with Gasteiger partial charge in [0.2, 0.25) is 0 Å². The first-order chi connectivity index (χ1) is 9.44. The number of anilines is 1. The molecule has 1 N–H and O–H groups in total. The summed E-state index contributed by atoms with van der Waals surface area (Å²) in [4.78, 5) is 0.345. The molecule has 0 fully saturated rings. The molecule has 104 valence electrons. The molecule has 2 aromatic rings. The molecule has 0 radical (unpaired) electrons. The van der Waals surface area contributed by atoms with Gasteiger partial charge in [0.05, 0.1) is 12.8 Å². The summed E-state index contributed by atoms with van der Waals surface area (Å²) in [6.07, 6.45) is 0. The SMILES string of the molecule is COc1cc(Br)cc(NS(=O)(=O)c2ccc(C#N)s2)c1. The quantitative estimate of drug-likeness (QED) is 0.893. The van der Waals surface area contributed by atoms with Crippen molar-refractivity contribution >= 4 is 43.0 Å². The number of methoxy groups -OCH3 is 1. The fourth-order valence-electron chi connectivity index (χ4n) is 1.47. The van der Waals surface area contributed by atoms with E-state index in [1.807, 2.05) is 6.07 Å². The number of benzene rings is 1. The van der Waals surface area contributed by atoms with Crippen LogP contribution in [0.15, 0.2) is 39.0 Å². The van der Waals surface area contributed by atoms with Crippen molar-refractivity contribution in [2.45, 2.75) is 4.21 Å². The Bertz CT molecular complexity index is 778. The number of nitriles is 1. The van der Waals surface area contributed by atoms with E-state index < -0.39 is 10.0 Å². The molecule has 1 aromatic heterocycles. The fourth-order valence-corrected chi connectivity index (χ4v) is 4.09. The second kappa shape index (κ2) is 5.83. The number of nitrogens with zero attached hydrogens (tertiary/aromatic N) is 1. The average Bonchev–Trinajstić information content (AvgIpc) is 2.87. The summed E-state index contributed by atoms with van der Waals surface area (Å²) in [5, 5.41) is 8.73. The number of halogens is 1. The fraction of sp³-hybridized carbons (Fsp3) is 0.0833. The van der Waals surface area contributed by atoms with Crippen molar-refractivity contribution in [3.05, 3.63) is 39.7 Å². The lowest BCUT2D eigenvalue weighted by Gasteiger charge is -2.08. The minimum absolute atomic E-state index is 0.0907. The zero-order chi connectivity index (χ0) is 14.8. The second-order valence-electron chi connectivity index (χ2n) is 3.72. The molecule has 8 heteroatoms. The van der Waals surface area contributed by atoms with Crippen LogP contribution in [-0.2, 0) is 10.0 Å². The lowest BCUT2D eigenvalue weighted by atomic mass is 10.3. The van der Waals surface area contributed by atoms with Gasteiger partial charge in [-0.3, -0.25) is 4.72 Å². The van der Waals surface area contributed by atoms with E-state index in [4.69, 9.17) is 10.00 Å². The van der Waals surface area contributed by atoms with Gasteiger partial charge in [-0.05, 0) is 24.3 Å². The van der Waals surface area contributed by atoms with Gasteiger partial charge in [-0.1, -0.05) is 15.9 Å². The molecule has 0 aliphatic carbocycles. The van der Waals surface area contributed by atoms with Gasteiger partial charge in [0, 0.05) is 10.5 Å². The van der Waals surface area contributed by atoms with Gasteiger partial charge >= 0.3 is 0 Å². The van der Waals surface area contributed by atoms with Gasteiger partial charge < -0.3 is 4.74 Å². The summed E-state index contributed by atoms with van der Waals surface area (Å²) in [5.41, 5.74) is 0.378. The smallest absolute Gasteiger partial charge is 0.271 e. The maximum absolute atomic E-state index is 12.2. The molecule has 5 nitrogen and oxygen atoms in total. The monoisotopic (exact) mass is 372 g/mol. The Morgan fingerprint density at radius 2 is 2.10 bits per heavy atom. The third-order valence-corrected chi connectivity index (χ3v) is 5.64. The van der Waals surface area contributed by atoms with E-state index >= 15 is 0 Å². The highest BCUT2D eigenvalue weighted by atomic mass is 79.9. The normalized spacial score (nSPS) is 10.8. The highest BCUT2D eigenvalue weighted by Crippen LogP contribution is 2.28. The predicted molar refractivity (Wildman–Crippen MR) is 80.5 cm³/mol. The predicted octanol–water partition coefficient (Wildman–Crippen LogP) is 3.19. The van der Waals surface area contributed by atoms with Crippen molar-refractivity contribution in [2.24, 2.45) is 0 Å². The van der Waals surface area contributed by atoms with E-state index in [-0.39, 0.29) is 4.21 Å². The topological polar surface area (TPSA) is 79.2 Å². The van der Waals surface area contributed by atoms with E-state index in [0.717, 1.165) is 11.3 Å². The number of sulfonamides is 1. The van der Waals surface area contributed by atoms with Crippen LogP contribution >= 0.6 is 27.3 Å². The summed E-state index contributed by atoms with van der Waals surface area (Å²) >= 11 is 4.20. The summed E-state index contributed by atoms with van der Waals surface area (Å²) < 4.78 is 32.7. The van der Waals surface area contributed by atoms with Crippen LogP contribution in [0.4, 0.5) is 5.69 Å². The lowest BCUT2D eigenvalue weighted by Crippen LogP contribution is -2.11. The van der Waals surface area contributed by atoms with E-state index in [2.05, 4.69) is 20.7 Å². The van der Waals surface area contributed by atoms with Crippen molar-refractivity contribution in [2.75, 3.05) is 11.8 Å². The van der Waals surface area contributed by atoms with Crippen molar-refractivity contribution < 1.29 is 13.2 Å².